The van der Waals surface area contributed by atoms with Gasteiger partial charge in [0.2, 0.25) is 5.88 Å². The molecule has 0 fully saturated rings. The fraction of sp³-hybridized carbons (Fsp3) is 0.250. The Morgan fingerprint density at radius 2 is 2.14 bits per heavy atom. The lowest BCUT2D eigenvalue weighted by Crippen LogP contribution is -2.05. The Morgan fingerprint density at radius 1 is 1.29 bits per heavy atom. The summed E-state index contributed by atoms with van der Waals surface area (Å²) in [4.78, 5) is 15.6. The molecule has 0 radical (unpaired) electrons. The Hall–Kier alpha value is -2.40. The first-order valence-corrected chi connectivity index (χ1v) is 6.77. The van der Waals surface area contributed by atoms with Gasteiger partial charge in [0.15, 0.2) is 0 Å². The van der Waals surface area contributed by atoms with Gasteiger partial charge in [0, 0.05) is 18.8 Å². The molecule has 1 N–H and O–H groups in total. The number of rotatable bonds is 6. The van der Waals surface area contributed by atoms with Crippen LogP contribution in [0, 0.1) is 0 Å². The molecule has 5 heteroatoms. The Labute approximate surface area is 123 Å². The van der Waals surface area contributed by atoms with Crippen molar-refractivity contribution >= 4 is 5.97 Å². The van der Waals surface area contributed by atoms with E-state index in [1.165, 1.54) is 6.20 Å². The van der Waals surface area contributed by atoms with Crippen molar-refractivity contribution in [1.82, 2.24) is 10.3 Å². The van der Waals surface area contributed by atoms with Crippen molar-refractivity contribution in [3.63, 3.8) is 0 Å². The largest absolute Gasteiger partial charge is 0.462 e. The van der Waals surface area contributed by atoms with E-state index in [2.05, 4.69) is 10.3 Å². The fourth-order valence-electron chi connectivity index (χ4n) is 1.82. The van der Waals surface area contributed by atoms with Crippen molar-refractivity contribution in [3.05, 3.63) is 53.7 Å². The molecule has 21 heavy (non-hydrogen) atoms. The molecule has 0 bridgehead atoms. The molecule has 5 nitrogen and oxygen atoms in total. The molecule has 0 atom stereocenters. The van der Waals surface area contributed by atoms with E-state index in [4.69, 9.17) is 9.47 Å². The molecule has 0 amide bonds. The van der Waals surface area contributed by atoms with E-state index in [0.717, 1.165) is 12.1 Å². The standard InChI is InChI=1S/C16H18N2O3/c1-3-20-16(19)13-7-8-15(18-11-13)21-14-6-4-5-12(9-14)10-17-2/h4-9,11,17H,3,10H2,1-2H3. The number of pyridine rings is 1. The number of ether oxygens (including phenoxy) is 2. The molecular weight excluding hydrogens is 268 g/mol. The van der Waals surface area contributed by atoms with Gasteiger partial charge in [-0.15, -0.1) is 0 Å². The maximum absolute atomic E-state index is 11.5. The molecule has 0 saturated carbocycles. The summed E-state index contributed by atoms with van der Waals surface area (Å²) in [5.41, 5.74) is 1.53. The van der Waals surface area contributed by atoms with Gasteiger partial charge in [-0.25, -0.2) is 9.78 Å². The van der Waals surface area contributed by atoms with Crippen LogP contribution in [0.1, 0.15) is 22.8 Å². The zero-order valence-corrected chi connectivity index (χ0v) is 12.1. The van der Waals surface area contributed by atoms with Crippen molar-refractivity contribution < 1.29 is 14.3 Å². The summed E-state index contributed by atoms with van der Waals surface area (Å²) in [5, 5.41) is 3.08. The van der Waals surface area contributed by atoms with E-state index in [1.807, 2.05) is 31.3 Å². The molecule has 2 aromatic rings. The Morgan fingerprint density at radius 3 is 2.81 bits per heavy atom. The highest BCUT2D eigenvalue weighted by molar-refractivity contribution is 5.89. The maximum Gasteiger partial charge on any atom is 0.339 e. The minimum atomic E-state index is -0.382. The van der Waals surface area contributed by atoms with Gasteiger partial charge in [-0.1, -0.05) is 12.1 Å². The predicted molar refractivity (Wildman–Crippen MR) is 79.5 cm³/mol. The first-order chi connectivity index (χ1) is 10.2. The third-order valence-corrected chi connectivity index (χ3v) is 2.75. The van der Waals surface area contributed by atoms with Gasteiger partial charge in [-0.05, 0) is 37.7 Å². The van der Waals surface area contributed by atoms with Gasteiger partial charge in [0.1, 0.15) is 5.75 Å². The van der Waals surface area contributed by atoms with Crippen LogP contribution in [0.5, 0.6) is 11.6 Å². The lowest BCUT2D eigenvalue weighted by atomic mass is 10.2. The number of carbonyl (C=O) groups excluding carboxylic acids is 1. The van der Waals surface area contributed by atoms with Gasteiger partial charge in [0.05, 0.1) is 12.2 Å². The normalized spacial score (nSPS) is 10.2. The summed E-state index contributed by atoms with van der Waals surface area (Å²) in [5.74, 6) is 0.761. The van der Waals surface area contributed by atoms with E-state index in [1.54, 1.807) is 19.1 Å². The van der Waals surface area contributed by atoms with Crippen LogP contribution in [0.4, 0.5) is 0 Å². The van der Waals surface area contributed by atoms with Gasteiger partial charge in [-0.3, -0.25) is 0 Å². The van der Waals surface area contributed by atoms with Crippen molar-refractivity contribution in [3.8, 4) is 11.6 Å². The summed E-state index contributed by atoms with van der Waals surface area (Å²) in [6.07, 6.45) is 1.45. The summed E-state index contributed by atoms with van der Waals surface area (Å²) >= 11 is 0. The molecule has 1 aromatic carbocycles. The molecule has 2 rings (SSSR count). The van der Waals surface area contributed by atoms with E-state index in [0.29, 0.717) is 23.8 Å². The van der Waals surface area contributed by atoms with Gasteiger partial charge in [0.25, 0.3) is 0 Å². The monoisotopic (exact) mass is 286 g/mol. The smallest absolute Gasteiger partial charge is 0.339 e. The molecule has 0 saturated heterocycles. The first kappa shape index (κ1) is 15.0. The molecular formula is C16H18N2O3. The van der Waals surface area contributed by atoms with E-state index >= 15 is 0 Å². The highest BCUT2D eigenvalue weighted by atomic mass is 16.5. The lowest BCUT2D eigenvalue weighted by Gasteiger charge is -2.07. The summed E-state index contributed by atoms with van der Waals surface area (Å²) in [6, 6.07) is 11.0. The number of hydrogen-bond donors (Lipinski definition) is 1. The number of carbonyl (C=O) groups is 1. The second-order valence-corrected chi connectivity index (χ2v) is 4.39. The number of esters is 1. The van der Waals surface area contributed by atoms with Crippen LogP contribution in [0.3, 0.4) is 0 Å². The molecule has 0 unspecified atom stereocenters. The predicted octanol–water partition coefficient (Wildman–Crippen LogP) is 2.77. The van der Waals surface area contributed by atoms with Crippen LogP contribution in [-0.2, 0) is 11.3 Å². The number of nitrogens with zero attached hydrogens (tertiary/aromatic N) is 1. The van der Waals surface area contributed by atoms with Crippen LogP contribution in [0.25, 0.3) is 0 Å². The minimum Gasteiger partial charge on any atom is -0.462 e. The summed E-state index contributed by atoms with van der Waals surface area (Å²) < 4.78 is 10.6. The second kappa shape index (κ2) is 7.40. The number of nitrogens with one attached hydrogen (secondary N) is 1. The van der Waals surface area contributed by atoms with Gasteiger partial charge >= 0.3 is 5.97 Å². The highest BCUT2D eigenvalue weighted by Crippen LogP contribution is 2.20. The van der Waals surface area contributed by atoms with Crippen LogP contribution in [0.2, 0.25) is 0 Å². The third-order valence-electron chi connectivity index (χ3n) is 2.75. The summed E-state index contributed by atoms with van der Waals surface area (Å²) in [7, 11) is 1.89. The molecule has 0 spiro atoms. The average molecular weight is 286 g/mol. The maximum atomic E-state index is 11.5. The Kier molecular flexibility index (Phi) is 5.29. The zero-order valence-electron chi connectivity index (χ0n) is 12.1. The minimum absolute atomic E-state index is 0.343. The van der Waals surface area contributed by atoms with Crippen molar-refractivity contribution in [1.29, 1.82) is 0 Å². The molecule has 0 aliphatic heterocycles. The quantitative estimate of drug-likeness (QED) is 0.827. The van der Waals surface area contributed by atoms with Crippen molar-refractivity contribution in [2.75, 3.05) is 13.7 Å². The van der Waals surface area contributed by atoms with E-state index in [9.17, 15) is 4.79 Å². The molecule has 0 aliphatic rings. The van der Waals surface area contributed by atoms with Crippen molar-refractivity contribution in [2.24, 2.45) is 0 Å². The van der Waals surface area contributed by atoms with E-state index < -0.39 is 0 Å². The first-order valence-electron chi connectivity index (χ1n) is 6.77. The SMILES string of the molecule is CCOC(=O)c1ccc(Oc2cccc(CNC)c2)nc1. The van der Waals surface area contributed by atoms with Gasteiger partial charge < -0.3 is 14.8 Å². The highest BCUT2D eigenvalue weighted by Gasteiger charge is 2.07. The molecule has 1 heterocycles. The third kappa shape index (κ3) is 4.29. The Balaban J connectivity index is 2.06. The van der Waals surface area contributed by atoms with Crippen LogP contribution in [-0.4, -0.2) is 24.6 Å². The molecule has 1 aromatic heterocycles. The number of aromatic nitrogens is 1. The van der Waals surface area contributed by atoms with Crippen LogP contribution >= 0.6 is 0 Å². The zero-order chi connectivity index (χ0) is 15.1. The topological polar surface area (TPSA) is 60.5 Å². The number of benzene rings is 1. The van der Waals surface area contributed by atoms with Crippen LogP contribution < -0.4 is 10.1 Å². The second-order valence-electron chi connectivity index (χ2n) is 4.39. The fourth-order valence-corrected chi connectivity index (χ4v) is 1.82. The van der Waals surface area contributed by atoms with Gasteiger partial charge in [-0.2, -0.15) is 0 Å². The average Bonchev–Trinajstić information content (AvgIpc) is 2.49. The summed E-state index contributed by atoms with van der Waals surface area (Å²) in [6.45, 7) is 2.88. The molecule has 110 valence electrons. The van der Waals surface area contributed by atoms with Crippen LogP contribution in [0.15, 0.2) is 42.6 Å². The lowest BCUT2D eigenvalue weighted by molar-refractivity contribution is 0.0526. The molecule has 0 aliphatic carbocycles. The number of hydrogen-bond acceptors (Lipinski definition) is 5. The van der Waals surface area contributed by atoms with E-state index in [-0.39, 0.29) is 5.97 Å². The van der Waals surface area contributed by atoms with Crippen molar-refractivity contribution in [2.45, 2.75) is 13.5 Å². The Bertz CT molecular complexity index is 597.